The second kappa shape index (κ2) is 3.12. The fourth-order valence-corrected chi connectivity index (χ4v) is 1.30. The van der Waals surface area contributed by atoms with Gasteiger partial charge < -0.3 is 14.6 Å². The SMILES string of the molecule is O=C(O)c1cn2c(CO)cccc2n1. The summed E-state index contributed by atoms with van der Waals surface area (Å²) >= 11 is 0. The Kier molecular flexibility index (Phi) is 1.94. The number of nitrogens with zero attached hydrogens (tertiary/aromatic N) is 2. The summed E-state index contributed by atoms with van der Waals surface area (Å²) in [5, 5.41) is 17.7. The van der Waals surface area contributed by atoms with Gasteiger partial charge in [0.2, 0.25) is 0 Å². The molecule has 14 heavy (non-hydrogen) atoms. The molecular formula is C9H8N2O3. The first kappa shape index (κ1) is 8.71. The normalized spacial score (nSPS) is 10.6. The lowest BCUT2D eigenvalue weighted by atomic mass is 10.3. The quantitative estimate of drug-likeness (QED) is 0.727. The molecule has 0 aliphatic rings. The number of carboxylic acid groups (broad SMARTS) is 1. The first-order chi connectivity index (χ1) is 6.72. The molecule has 2 rings (SSSR count). The van der Waals surface area contributed by atoms with Gasteiger partial charge >= 0.3 is 5.97 Å². The minimum absolute atomic E-state index is 0.0223. The molecule has 0 aromatic carbocycles. The molecule has 72 valence electrons. The van der Waals surface area contributed by atoms with Crippen LogP contribution in [-0.4, -0.2) is 25.6 Å². The molecular weight excluding hydrogens is 184 g/mol. The average molecular weight is 192 g/mol. The number of aliphatic hydroxyl groups is 1. The molecule has 2 heterocycles. The Balaban J connectivity index is 2.70. The molecule has 0 bridgehead atoms. The monoisotopic (exact) mass is 192 g/mol. The third kappa shape index (κ3) is 1.23. The van der Waals surface area contributed by atoms with E-state index in [4.69, 9.17) is 10.2 Å². The van der Waals surface area contributed by atoms with Gasteiger partial charge in [0, 0.05) is 11.9 Å². The van der Waals surface area contributed by atoms with E-state index >= 15 is 0 Å². The molecule has 0 amide bonds. The molecule has 2 aromatic heterocycles. The van der Waals surface area contributed by atoms with Crippen molar-refractivity contribution in [3.63, 3.8) is 0 Å². The summed E-state index contributed by atoms with van der Waals surface area (Å²) in [7, 11) is 0. The van der Waals surface area contributed by atoms with Gasteiger partial charge in [-0.1, -0.05) is 6.07 Å². The van der Waals surface area contributed by atoms with Crippen molar-refractivity contribution in [3.05, 3.63) is 35.8 Å². The highest BCUT2D eigenvalue weighted by Gasteiger charge is 2.09. The fraction of sp³-hybridized carbons (Fsp3) is 0.111. The lowest BCUT2D eigenvalue weighted by Gasteiger charge is -1.99. The van der Waals surface area contributed by atoms with E-state index in [0.717, 1.165) is 0 Å². The standard InChI is InChI=1S/C9H8N2O3/c12-5-6-2-1-3-8-10-7(9(13)14)4-11(6)8/h1-4,12H,5H2,(H,13,14). The Morgan fingerprint density at radius 1 is 1.50 bits per heavy atom. The first-order valence-electron chi connectivity index (χ1n) is 4.03. The van der Waals surface area contributed by atoms with Gasteiger partial charge in [-0.05, 0) is 12.1 Å². The van der Waals surface area contributed by atoms with Crippen LogP contribution < -0.4 is 0 Å². The Morgan fingerprint density at radius 2 is 2.29 bits per heavy atom. The van der Waals surface area contributed by atoms with Crippen molar-refractivity contribution in [2.45, 2.75) is 6.61 Å². The second-order valence-corrected chi connectivity index (χ2v) is 2.83. The van der Waals surface area contributed by atoms with Gasteiger partial charge in [0.05, 0.1) is 6.61 Å². The van der Waals surface area contributed by atoms with Crippen LogP contribution in [0.2, 0.25) is 0 Å². The average Bonchev–Trinajstić information content (AvgIpc) is 2.60. The molecule has 5 nitrogen and oxygen atoms in total. The number of fused-ring (bicyclic) bond motifs is 1. The lowest BCUT2D eigenvalue weighted by molar-refractivity contribution is 0.0691. The van der Waals surface area contributed by atoms with E-state index in [1.54, 1.807) is 22.6 Å². The number of carbonyl (C=O) groups is 1. The van der Waals surface area contributed by atoms with Crippen LogP contribution in [0.15, 0.2) is 24.4 Å². The second-order valence-electron chi connectivity index (χ2n) is 2.83. The van der Waals surface area contributed by atoms with E-state index in [0.29, 0.717) is 11.3 Å². The number of carboxylic acids is 1. The lowest BCUT2D eigenvalue weighted by Crippen LogP contribution is -1.95. The van der Waals surface area contributed by atoms with Crippen molar-refractivity contribution in [1.29, 1.82) is 0 Å². The molecule has 0 spiro atoms. The van der Waals surface area contributed by atoms with E-state index in [1.807, 2.05) is 0 Å². The van der Waals surface area contributed by atoms with Crippen LogP contribution in [0, 0.1) is 0 Å². The molecule has 0 radical (unpaired) electrons. The van der Waals surface area contributed by atoms with Gasteiger partial charge in [-0.25, -0.2) is 9.78 Å². The highest BCUT2D eigenvalue weighted by Crippen LogP contribution is 2.08. The third-order valence-electron chi connectivity index (χ3n) is 1.96. The molecule has 0 fully saturated rings. The van der Waals surface area contributed by atoms with Crippen molar-refractivity contribution in [3.8, 4) is 0 Å². The molecule has 0 atom stereocenters. The fourth-order valence-electron chi connectivity index (χ4n) is 1.30. The van der Waals surface area contributed by atoms with Gasteiger partial charge in [-0.3, -0.25) is 0 Å². The Bertz CT molecular complexity index is 490. The van der Waals surface area contributed by atoms with Crippen molar-refractivity contribution < 1.29 is 15.0 Å². The summed E-state index contributed by atoms with van der Waals surface area (Å²) in [6, 6.07) is 5.12. The van der Waals surface area contributed by atoms with Crippen LogP contribution in [-0.2, 0) is 6.61 Å². The number of hydrogen-bond acceptors (Lipinski definition) is 3. The van der Waals surface area contributed by atoms with Crippen LogP contribution in [0.5, 0.6) is 0 Å². The maximum atomic E-state index is 10.6. The van der Waals surface area contributed by atoms with Gasteiger partial charge in [0.25, 0.3) is 0 Å². The minimum Gasteiger partial charge on any atom is -0.476 e. The van der Waals surface area contributed by atoms with E-state index in [9.17, 15) is 4.79 Å². The zero-order chi connectivity index (χ0) is 10.1. The summed E-state index contributed by atoms with van der Waals surface area (Å²) < 4.78 is 1.56. The number of aromatic carboxylic acids is 1. The summed E-state index contributed by atoms with van der Waals surface area (Å²) in [6.45, 7) is -0.146. The predicted molar refractivity (Wildman–Crippen MR) is 48.1 cm³/mol. The number of aliphatic hydroxyl groups excluding tert-OH is 1. The third-order valence-corrected chi connectivity index (χ3v) is 1.96. The van der Waals surface area contributed by atoms with E-state index in [1.165, 1.54) is 6.20 Å². The smallest absolute Gasteiger partial charge is 0.356 e. The number of pyridine rings is 1. The minimum atomic E-state index is -1.07. The molecule has 0 unspecified atom stereocenters. The first-order valence-corrected chi connectivity index (χ1v) is 4.03. The predicted octanol–water partition coefficient (Wildman–Crippen LogP) is 0.525. The molecule has 5 heteroatoms. The van der Waals surface area contributed by atoms with Crippen molar-refractivity contribution >= 4 is 11.6 Å². The highest BCUT2D eigenvalue weighted by molar-refractivity contribution is 5.86. The van der Waals surface area contributed by atoms with Crippen LogP contribution in [0.4, 0.5) is 0 Å². The van der Waals surface area contributed by atoms with Gasteiger partial charge in [0.15, 0.2) is 5.69 Å². The van der Waals surface area contributed by atoms with Crippen molar-refractivity contribution in [1.82, 2.24) is 9.38 Å². The molecule has 0 saturated heterocycles. The van der Waals surface area contributed by atoms with E-state index in [-0.39, 0.29) is 12.3 Å². The summed E-state index contributed by atoms with van der Waals surface area (Å²) in [5.74, 6) is -1.07. The maximum Gasteiger partial charge on any atom is 0.356 e. The Morgan fingerprint density at radius 3 is 2.93 bits per heavy atom. The maximum absolute atomic E-state index is 10.6. The van der Waals surface area contributed by atoms with Crippen LogP contribution in [0.3, 0.4) is 0 Å². The van der Waals surface area contributed by atoms with Gasteiger partial charge in [-0.2, -0.15) is 0 Å². The summed E-state index contributed by atoms with van der Waals surface area (Å²) in [6.07, 6.45) is 1.39. The highest BCUT2D eigenvalue weighted by atomic mass is 16.4. The molecule has 0 aliphatic heterocycles. The number of rotatable bonds is 2. The van der Waals surface area contributed by atoms with Gasteiger partial charge in [-0.15, -0.1) is 0 Å². The number of aromatic nitrogens is 2. The van der Waals surface area contributed by atoms with E-state index in [2.05, 4.69) is 4.98 Å². The van der Waals surface area contributed by atoms with Crippen LogP contribution in [0.1, 0.15) is 16.2 Å². The zero-order valence-electron chi connectivity index (χ0n) is 7.21. The number of hydrogen-bond donors (Lipinski definition) is 2. The molecule has 2 N–H and O–H groups in total. The number of imidazole rings is 1. The largest absolute Gasteiger partial charge is 0.476 e. The molecule has 2 aromatic rings. The van der Waals surface area contributed by atoms with Crippen molar-refractivity contribution in [2.75, 3.05) is 0 Å². The zero-order valence-corrected chi connectivity index (χ0v) is 7.21. The van der Waals surface area contributed by atoms with Crippen molar-refractivity contribution in [2.24, 2.45) is 0 Å². The van der Waals surface area contributed by atoms with Crippen LogP contribution in [0.25, 0.3) is 5.65 Å². The molecule has 0 saturated carbocycles. The van der Waals surface area contributed by atoms with E-state index < -0.39 is 5.97 Å². The van der Waals surface area contributed by atoms with Crippen LogP contribution >= 0.6 is 0 Å². The summed E-state index contributed by atoms with van der Waals surface area (Å²) in [5.41, 5.74) is 1.11. The van der Waals surface area contributed by atoms with Gasteiger partial charge in [0.1, 0.15) is 5.65 Å². The topological polar surface area (TPSA) is 74.8 Å². The molecule has 0 aliphatic carbocycles. The summed E-state index contributed by atoms with van der Waals surface area (Å²) in [4.78, 5) is 14.5. The Hall–Kier alpha value is -1.88. The Labute approximate surface area is 79.2 Å².